The number of rotatable bonds is 10. The number of amides is 2. The van der Waals surface area contributed by atoms with E-state index >= 15 is 0 Å². The number of benzene rings is 1. The quantitative estimate of drug-likeness (QED) is 0.483. The van der Waals surface area contributed by atoms with Crippen molar-refractivity contribution in [1.29, 1.82) is 0 Å². The highest BCUT2D eigenvalue weighted by Gasteiger charge is 2.33. The van der Waals surface area contributed by atoms with Crippen LogP contribution in [-0.4, -0.2) is 82.4 Å². The molecule has 0 radical (unpaired) electrons. The maximum absolute atomic E-state index is 13.1. The first-order chi connectivity index (χ1) is 16.0. The first-order valence-electron chi connectivity index (χ1n) is 11.4. The first kappa shape index (κ1) is 27.6. The number of hydrogen-bond donors (Lipinski definition) is 1. The van der Waals surface area contributed by atoms with Crippen LogP contribution in [0.2, 0.25) is 0 Å². The molecule has 1 aromatic rings. The van der Waals surface area contributed by atoms with E-state index in [9.17, 15) is 22.8 Å². The van der Waals surface area contributed by atoms with Crippen molar-refractivity contribution in [2.24, 2.45) is 11.8 Å². The van der Waals surface area contributed by atoms with E-state index in [0.29, 0.717) is 25.1 Å². The number of methoxy groups -OCH3 is 1. The van der Waals surface area contributed by atoms with E-state index in [1.807, 2.05) is 0 Å². The molecule has 2 atom stereocenters. The van der Waals surface area contributed by atoms with Gasteiger partial charge in [-0.3, -0.25) is 14.4 Å². The van der Waals surface area contributed by atoms with Gasteiger partial charge in [0.25, 0.3) is 0 Å². The van der Waals surface area contributed by atoms with Crippen molar-refractivity contribution in [1.82, 2.24) is 14.5 Å². The molecule has 0 aromatic heterocycles. The van der Waals surface area contributed by atoms with Gasteiger partial charge in [-0.15, -0.1) is 0 Å². The third-order valence-electron chi connectivity index (χ3n) is 5.73. The Hall–Kier alpha value is -2.66. The Balaban J connectivity index is 2.05. The summed E-state index contributed by atoms with van der Waals surface area (Å²) in [5, 5.41) is 0. The summed E-state index contributed by atoms with van der Waals surface area (Å²) in [6, 6.07) is 4.78. The standard InChI is InChI=1S/C23H35N3O7S/c1-6-33-23(29)17-8-7-13-26(14-17)20(27)15-25(4)22(28)21(16(2)3)24-34(30,31)19-11-9-18(32-5)10-12-19/h9-12,16-17,21,24H,6-8,13-15H2,1-5H3/t17?,21-/m0/s1. The molecular formula is C23H35N3O7S. The van der Waals surface area contributed by atoms with Crippen LogP contribution in [0, 0.1) is 11.8 Å². The fraction of sp³-hybridized carbons (Fsp3) is 0.609. The van der Waals surface area contributed by atoms with E-state index < -0.39 is 22.0 Å². The molecule has 0 bridgehead atoms. The summed E-state index contributed by atoms with van der Waals surface area (Å²) in [4.78, 5) is 40.8. The SMILES string of the molecule is CCOC(=O)C1CCCN(C(=O)CN(C)C(=O)[C@@H](NS(=O)(=O)c2ccc(OC)cc2)C(C)C)C1. The number of likely N-dealkylation sites (tertiary alicyclic amines) is 1. The molecule has 2 amide bonds. The lowest BCUT2D eigenvalue weighted by molar-refractivity contribution is -0.152. The van der Waals surface area contributed by atoms with Gasteiger partial charge in [0, 0.05) is 20.1 Å². The van der Waals surface area contributed by atoms with E-state index in [0.717, 1.165) is 0 Å². The molecule has 1 aliphatic rings. The number of nitrogens with zero attached hydrogens (tertiary/aromatic N) is 2. The van der Waals surface area contributed by atoms with Gasteiger partial charge in [0.05, 0.1) is 31.1 Å². The van der Waals surface area contributed by atoms with Gasteiger partial charge in [0.1, 0.15) is 11.8 Å². The summed E-state index contributed by atoms with van der Waals surface area (Å²) >= 11 is 0. The van der Waals surface area contributed by atoms with Crippen molar-refractivity contribution >= 4 is 27.8 Å². The van der Waals surface area contributed by atoms with Crippen LogP contribution in [0.3, 0.4) is 0 Å². The summed E-state index contributed by atoms with van der Waals surface area (Å²) in [5.41, 5.74) is 0. The minimum absolute atomic E-state index is 0.00352. The third-order valence-corrected chi connectivity index (χ3v) is 7.18. The Morgan fingerprint density at radius 1 is 1.21 bits per heavy atom. The second kappa shape index (κ2) is 12.2. The van der Waals surface area contributed by atoms with Gasteiger partial charge in [0.15, 0.2) is 0 Å². The number of esters is 1. The zero-order valence-electron chi connectivity index (χ0n) is 20.4. The highest BCUT2D eigenvalue weighted by atomic mass is 32.2. The van der Waals surface area contributed by atoms with Crippen LogP contribution < -0.4 is 9.46 Å². The van der Waals surface area contributed by atoms with Crippen LogP contribution in [0.1, 0.15) is 33.6 Å². The van der Waals surface area contributed by atoms with Crippen molar-refractivity contribution < 1.29 is 32.3 Å². The normalized spacial score (nSPS) is 17.2. The van der Waals surface area contributed by atoms with Crippen LogP contribution in [0.4, 0.5) is 0 Å². The smallest absolute Gasteiger partial charge is 0.310 e. The number of sulfonamides is 1. The molecule has 190 valence electrons. The van der Waals surface area contributed by atoms with Gasteiger partial charge in [0.2, 0.25) is 21.8 Å². The Labute approximate surface area is 201 Å². The van der Waals surface area contributed by atoms with Crippen LogP contribution >= 0.6 is 0 Å². The second-order valence-electron chi connectivity index (χ2n) is 8.64. The lowest BCUT2D eigenvalue weighted by atomic mass is 9.98. The average molecular weight is 498 g/mol. The number of carbonyl (C=O) groups excluding carboxylic acids is 3. The van der Waals surface area contributed by atoms with Gasteiger partial charge < -0.3 is 19.3 Å². The van der Waals surface area contributed by atoms with Gasteiger partial charge >= 0.3 is 5.97 Å². The zero-order chi connectivity index (χ0) is 25.5. The molecule has 1 aliphatic heterocycles. The Kier molecular flexibility index (Phi) is 9.87. The van der Waals surface area contributed by atoms with E-state index in [-0.39, 0.29) is 48.3 Å². The third kappa shape index (κ3) is 7.17. The maximum Gasteiger partial charge on any atom is 0.310 e. The second-order valence-corrected chi connectivity index (χ2v) is 10.4. The largest absolute Gasteiger partial charge is 0.497 e. The van der Waals surface area contributed by atoms with Gasteiger partial charge in [-0.2, -0.15) is 4.72 Å². The van der Waals surface area contributed by atoms with E-state index in [4.69, 9.17) is 9.47 Å². The van der Waals surface area contributed by atoms with Crippen molar-refractivity contribution in [2.45, 2.75) is 44.6 Å². The van der Waals surface area contributed by atoms with E-state index in [2.05, 4.69) is 4.72 Å². The van der Waals surface area contributed by atoms with Crippen LogP contribution in [0.15, 0.2) is 29.2 Å². The maximum atomic E-state index is 13.1. The highest BCUT2D eigenvalue weighted by molar-refractivity contribution is 7.89. The number of piperidine rings is 1. The van der Waals surface area contributed by atoms with Gasteiger partial charge in [-0.25, -0.2) is 8.42 Å². The summed E-state index contributed by atoms with van der Waals surface area (Å²) in [6.07, 6.45) is 1.32. The highest BCUT2D eigenvalue weighted by Crippen LogP contribution is 2.19. The molecule has 10 nitrogen and oxygen atoms in total. The Morgan fingerprint density at radius 2 is 1.85 bits per heavy atom. The molecule has 1 saturated heterocycles. The molecule has 1 heterocycles. The Bertz CT molecular complexity index is 963. The Morgan fingerprint density at radius 3 is 2.41 bits per heavy atom. The van der Waals surface area contributed by atoms with Crippen molar-refractivity contribution in [3.8, 4) is 5.75 Å². The molecule has 34 heavy (non-hydrogen) atoms. The van der Waals surface area contributed by atoms with E-state index in [1.165, 1.54) is 43.3 Å². The topological polar surface area (TPSA) is 122 Å². The lowest BCUT2D eigenvalue weighted by Crippen LogP contribution is -2.53. The molecule has 11 heteroatoms. The van der Waals surface area contributed by atoms with Crippen molar-refractivity contribution in [3.05, 3.63) is 24.3 Å². The van der Waals surface area contributed by atoms with Crippen LogP contribution in [0.5, 0.6) is 5.75 Å². The molecular weight excluding hydrogens is 462 g/mol. The minimum Gasteiger partial charge on any atom is -0.497 e. The zero-order valence-corrected chi connectivity index (χ0v) is 21.3. The molecule has 1 aromatic carbocycles. The average Bonchev–Trinajstić information content (AvgIpc) is 2.82. The molecule has 0 saturated carbocycles. The number of likely N-dealkylation sites (N-methyl/N-ethyl adjacent to an activating group) is 1. The molecule has 1 fully saturated rings. The van der Waals surface area contributed by atoms with Crippen molar-refractivity contribution in [3.63, 3.8) is 0 Å². The number of hydrogen-bond acceptors (Lipinski definition) is 7. The number of nitrogens with one attached hydrogen (secondary N) is 1. The predicted molar refractivity (Wildman–Crippen MR) is 126 cm³/mol. The van der Waals surface area contributed by atoms with Crippen molar-refractivity contribution in [2.75, 3.05) is 40.4 Å². The summed E-state index contributed by atoms with van der Waals surface area (Å²) in [7, 11) is -1.04. The first-order valence-corrected chi connectivity index (χ1v) is 12.8. The fourth-order valence-corrected chi connectivity index (χ4v) is 5.07. The molecule has 0 aliphatic carbocycles. The number of ether oxygens (including phenoxy) is 2. The van der Waals surface area contributed by atoms with Crippen LogP contribution in [0.25, 0.3) is 0 Å². The molecule has 0 spiro atoms. The number of carbonyl (C=O) groups is 3. The van der Waals surface area contributed by atoms with E-state index in [1.54, 1.807) is 25.7 Å². The minimum atomic E-state index is -3.98. The summed E-state index contributed by atoms with van der Waals surface area (Å²) in [6.45, 7) is 5.99. The molecule has 2 rings (SSSR count). The molecule has 1 N–H and O–H groups in total. The van der Waals surface area contributed by atoms with Crippen LogP contribution in [-0.2, 0) is 29.1 Å². The predicted octanol–water partition coefficient (Wildman–Crippen LogP) is 1.26. The summed E-state index contributed by atoms with van der Waals surface area (Å²) in [5.74, 6) is -1.36. The summed E-state index contributed by atoms with van der Waals surface area (Å²) < 4.78 is 38.3. The fourth-order valence-electron chi connectivity index (χ4n) is 3.74. The van der Waals surface area contributed by atoms with Gasteiger partial charge in [-0.1, -0.05) is 13.8 Å². The monoisotopic (exact) mass is 497 g/mol. The lowest BCUT2D eigenvalue weighted by Gasteiger charge is -2.33. The van der Waals surface area contributed by atoms with Gasteiger partial charge in [-0.05, 0) is 49.9 Å². The molecule has 1 unspecified atom stereocenters.